The lowest BCUT2D eigenvalue weighted by Gasteiger charge is -2.16. The molecular formula is C14H16N4O. The Hall–Kier alpha value is -2.43. The van der Waals surface area contributed by atoms with Gasteiger partial charge in [0.15, 0.2) is 0 Å². The number of nitrogen functional groups attached to an aromatic ring is 1. The molecule has 2 aromatic heterocycles. The largest absolute Gasteiger partial charge is 0.397 e. The highest BCUT2D eigenvalue weighted by Gasteiger charge is 2.12. The molecule has 5 nitrogen and oxygen atoms in total. The van der Waals surface area contributed by atoms with Gasteiger partial charge >= 0.3 is 0 Å². The molecule has 0 spiro atoms. The van der Waals surface area contributed by atoms with Gasteiger partial charge in [0.2, 0.25) is 0 Å². The Kier molecular flexibility index (Phi) is 4.07. The number of hydrogen-bond donors (Lipinski definition) is 1. The number of amides is 1. The molecule has 0 aliphatic heterocycles. The molecule has 2 heterocycles. The van der Waals surface area contributed by atoms with Crippen molar-refractivity contribution in [3.05, 3.63) is 54.1 Å². The molecule has 0 aliphatic carbocycles. The third-order valence-electron chi connectivity index (χ3n) is 2.78. The van der Waals surface area contributed by atoms with Gasteiger partial charge in [0.05, 0.1) is 11.9 Å². The lowest BCUT2D eigenvalue weighted by Crippen LogP contribution is -2.29. The molecule has 0 bridgehead atoms. The number of nitrogens with zero attached hydrogens (tertiary/aromatic N) is 3. The van der Waals surface area contributed by atoms with Gasteiger partial charge in [0.1, 0.15) is 5.69 Å². The molecule has 0 aliphatic rings. The average Bonchev–Trinajstić information content (AvgIpc) is 2.46. The van der Waals surface area contributed by atoms with Gasteiger partial charge in [-0.15, -0.1) is 0 Å². The van der Waals surface area contributed by atoms with E-state index in [1.165, 1.54) is 6.20 Å². The van der Waals surface area contributed by atoms with Crippen LogP contribution < -0.4 is 5.73 Å². The third-order valence-corrected chi connectivity index (χ3v) is 2.78. The van der Waals surface area contributed by atoms with E-state index in [1.54, 1.807) is 30.3 Å². The topological polar surface area (TPSA) is 72.1 Å². The highest BCUT2D eigenvalue weighted by molar-refractivity contribution is 5.92. The molecule has 0 saturated carbocycles. The second-order valence-electron chi connectivity index (χ2n) is 4.27. The van der Waals surface area contributed by atoms with Gasteiger partial charge < -0.3 is 10.6 Å². The summed E-state index contributed by atoms with van der Waals surface area (Å²) in [6.45, 7) is 0.599. The first-order chi connectivity index (χ1) is 9.16. The maximum atomic E-state index is 12.1. The zero-order valence-electron chi connectivity index (χ0n) is 10.8. The lowest BCUT2D eigenvalue weighted by atomic mass is 10.2. The standard InChI is InChI=1S/C14H16N4O/c1-18(9-7-12-4-2-3-8-16-12)14(19)13-6-5-11(15)10-17-13/h2-6,8,10H,7,9,15H2,1H3. The minimum absolute atomic E-state index is 0.115. The van der Waals surface area contributed by atoms with Crippen molar-refractivity contribution in [2.75, 3.05) is 19.3 Å². The number of hydrogen-bond acceptors (Lipinski definition) is 4. The van der Waals surface area contributed by atoms with E-state index in [0.717, 1.165) is 12.1 Å². The van der Waals surface area contributed by atoms with Crippen LogP contribution in [0, 0.1) is 0 Å². The Morgan fingerprint density at radius 3 is 2.74 bits per heavy atom. The molecule has 1 amide bonds. The Morgan fingerprint density at radius 2 is 2.11 bits per heavy atom. The zero-order valence-corrected chi connectivity index (χ0v) is 10.8. The van der Waals surface area contributed by atoms with Crippen molar-refractivity contribution >= 4 is 11.6 Å². The lowest BCUT2D eigenvalue weighted by molar-refractivity contribution is 0.0790. The number of likely N-dealkylation sites (N-methyl/N-ethyl adjacent to an activating group) is 1. The number of carbonyl (C=O) groups excluding carboxylic acids is 1. The number of rotatable bonds is 4. The van der Waals surface area contributed by atoms with Crippen molar-refractivity contribution in [3.63, 3.8) is 0 Å². The van der Waals surface area contributed by atoms with Crippen molar-refractivity contribution in [2.24, 2.45) is 0 Å². The van der Waals surface area contributed by atoms with Gasteiger partial charge in [-0.25, -0.2) is 4.98 Å². The molecule has 0 atom stereocenters. The summed E-state index contributed by atoms with van der Waals surface area (Å²) in [5.41, 5.74) is 7.46. The number of nitrogens with two attached hydrogens (primary N) is 1. The fraction of sp³-hybridized carbons (Fsp3) is 0.214. The van der Waals surface area contributed by atoms with Crippen LogP contribution in [0.2, 0.25) is 0 Å². The minimum Gasteiger partial charge on any atom is -0.397 e. The monoisotopic (exact) mass is 256 g/mol. The summed E-state index contributed by atoms with van der Waals surface area (Å²) in [4.78, 5) is 22.0. The smallest absolute Gasteiger partial charge is 0.272 e. The van der Waals surface area contributed by atoms with Crippen molar-refractivity contribution in [3.8, 4) is 0 Å². The van der Waals surface area contributed by atoms with E-state index in [0.29, 0.717) is 17.9 Å². The highest BCUT2D eigenvalue weighted by Crippen LogP contribution is 2.05. The van der Waals surface area contributed by atoms with Gasteiger partial charge in [-0.05, 0) is 24.3 Å². The summed E-state index contributed by atoms with van der Waals surface area (Å²) in [6, 6.07) is 9.06. The maximum Gasteiger partial charge on any atom is 0.272 e. The molecule has 2 aromatic rings. The molecule has 0 fully saturated rings. The second kappa shape index (κ2) is 5.95. The summed E-state index contributed by atoms with van der Waals surface area (Å²) in [5.74, 6) is -0.115. The van der Waals surface area contributed by atoms with Crippen LogP contribution in [-0.4, -0.2) is 34.4 Å². The fourth-order valence-electron chi connectivity index (χ4n) is 1.66. The Bertz CT molecular complexity index is 539. The van der Waals surface area contributed by atoms with Crippen molar-refractivity contribution < 1.29 is 4.79 Å². The van der Waals surface area contributed by atoms with E-state index in [9.17, 15) is 4.79 Å². The maximum absolute atomic E-state index is 12.1. The Morgan fingerprint density at radius 1 is 1.26 bits per heavy atom. The molecule has 0 aromatic carbocycles. The predicted octanol–water partition coefficient (Wildman–Crippen LogP) is 1.37. The molecule has 0 saturated heterocycles. The SMILES string of the molecule is CN(CCc1ccccn1)C(=O)c1ccc(N)cn1. The summed E-state index contributed by atoms with van der Waals surface area (Å²) in [5, 5.41) is 0. The fourth-order valence-corrected chi connectivity index (χ4v) is 1.66. The van der Waals surface area contributed by atoms with Gasteiger partial charge in [-0.3, -0.25) is 9.78 Å². The molecule has 0 radical (unpaired) electrons. The first-order valence-electron chi connectivity index (χ1n) is 6.04. The number of anilines is 1. The van der Waals surface area contributed by atoms with Crippen molar-refractivity contribution in [2.45, 2.75) is 6.42 Å². The normalized spacial score (nSPS) is 10.2. The van der Waals surface area contributed by atoms with Crippen molar-refractivity contribution in [1.29, 1.82) is 0 Å². The average molecular weight is 256 g/mol. The van der Waals surface area contributed by atoms with E-state index >= 15 is 0 Å². The molecule has 2 N–H and O–H groups in total. The predicted molar refractivity (Wildman–Crippen MR) is 73.6 cm³/mol. The highest BCUT2D eigenvalue weighted by atomic mass is 16.2. The van der Waals surface area contributed by atoms with Crippen LogP contribution in [0.1, 0.15) is 16.2 Å². The van der Waals surface area contributed by atoms with E-state index in [-0.39, 0.29) is 5.91 Å². The zero-order chi connectivity index (χ0) is 13.7. The number of pyridine rings is 2. The van der Waals surface area contributed by atoms with Crippen LogP contribution in [0.25, 0.3) is 0 Å². The summed E-state index contributed by atoms with van der Waals surface area (Å²) in [6.07, 6.45) is 3.95. The quantitative estimate of drug-likeness (QED) is 0.896. The number of carbonyl (C=O) groups is 1. The van der Waals surface area contributed by atoms with Crippen LogP contribution in [0.4, 0.5) is 5.69 Å². The number of aromatic nitrogens is 2. The van der Waals surface area contributed by atoms with Gasteiger partial charge in [-0.2, -0.15) is 0 Å². The second-order valence-corrected chi connectivity index (χ2v) is 4.27. The van der Waals surface area contributed by atoms with Crippen LogP contribution in [0.5, 0.6) is 0 Å². The molecule has 5 heteroatoms. The van der Waals surface area contributed by atoms with Gasteiger partial charge in [-0.1, -0.05) is 6.07 Å². The first kappa shape index (κ1) is 13.0. The van der Waals surface area contributed by atoms with E-state index in [1.807, 2.05) is 18.2 Å². The van der Waals surface area contributed by atoms with Crippen LogP contribution in [-0.2, 0) is 6.42 Å². The Labute approximate surface area is 112 Å². The van der Waals surface area contributed by atoms with Crippen molar-refractivity contribution in [1.82, 2.24) is 14.9 Å². The van der Waals surface area contributed by atoms with E-state index in [4.69, 9.17) is 5.73 Å². The van der Waals surface area contributed by atoms with E-state index < -0.39 is 0 Å². The van der Waals surface area contributed by atoms with Crippen LogP contribution in [0.15, 0.2) is 42.7 Å². The van der Waals surface area contributed by atoms with Gasteiger partial charge in [0.25, 0.3) is 5.91 Å². The molecule has 98 valence electrons. The minimum atomic E-state index is -0.115. The van der Waals surface area contributed by atoms with Crippen LogP contribution >= 0.6 is 0 Å². The molecule has 2 rings (SSSR count). The Balaban J connectivity index is 1.94. The summed E-state index contributed by atoms with van der Waals surface area (Å²) < 4.78 is 0. The third kappa shape index (κ3) is 3.51. The summed E-state index contributed by atoms with van der Waals surface area (Å²) >= 11 is 0. The molecule has 19 heavy (non-hydrogen) atoms. The summed E-state index contributed by atoms with van der Waals surface area (Å²) in [7, 11) is 1.75. The first-order valence-corrected chi connectivity index (χ1v) is 6.04. The van der Waals surface area contributed by atoms with Gasteiger partial charge in [0, 0.05) is 31.9 Å². The van der Waals surface area contributed by atoms with E-state index in [2.05, 4.69) is 9.97 Å². The molecule has 0 unspecified atom stereocenters. The van der Waals surface area contributed by atoms with Crippen LogP contribution in [0.3, 0.4) is 0 Å². The molecular weight excluding hydrogens is 240 g/mol.